The van der Waals surface area contributed by atoms with Crippen LogP contribution in [0.5, 0.6) is 0 Å². The van der Waals surface area contributed by atoms with Gasteiger partial charge in [-0.1, -0.05) is 0 Å². The quantitative estimate of drug-likeness (QED) is 0.765. The number of ether oxygens (including phenoxy) is 1. The molecular weight excluding hydrogens is 290 g/mol. The zero-order valence-corrected chi connectivity index (χ0v) is 13.8. The summed E-state index contributed by atoms with van der Waals surface area (Å²) in [6, 6.07) is -1.37. The lowest BCUT2D eigenvalue weighted by Gasteiger charge is -2.26. The Balaban J connectivity index is 2.71. The smallest absolute Gasteiger partial charge is 0.411 e. The van der Waals surface area contributed by atoms with Crippen LogP contribution in [0.3, 0.4) is 0 Å². The van der Waals surface area contributed by atoms with Gasteiger partial charge in [0, 0.05) is 19.0 Å². The molecule has 0 aromatic carbocycles. The first kappa shape index (κ1) is 18.2. The van der Waals surface area contributed by atoms with Crippen molar-refractivity contribution in [2.24, 2.45) is 0 Å². The van der Waals surface area contributed by atoms with E-state index in [4.69, 9.17) is 4.74 Å². The molecule has 1 saturated heterocycles. The summed E-state index contributed by atoms with van der Waals surface area (Å²) < 4.78 is 5.22. The number of carbonyl (C=O) groups excluding carboxylic acids is 2. The van der Waals surface area contributed by atoms with E-state index in [0.29, 0.717) is 0 Å². The average molecular weight is 315 g/mol. The highest BCUT2D eigenvalue weighted by Gasteiger charge is 2.42. The molecule has 0 aromatic heterocycles. The van der Waals surface area contributed by atoms with E-state index < -0.39 is 23.7 Å². The summed E-state index contributed by atoms with van der Waals surface area (Å²) >= 11 is 0. The van der Waals surface area contributed by atoms with Crippen LogP contribution in [0, 0.1) is 0 Å². The van der Waals surface area contributed by atoms with Gasteiger partial charge in [0.05, 0.1) is 6.54 Å². The summed E-state index contributed by atoms with van der Waals surface area (Å²) in [4.78, 5) is 38.1. The number of aliphatic carboxylic acids is 1. The molecule has 0 radical (unpaired) electrons. The van der Waals surface area contributed by atoms with E-state index in [1.54, 1.807) is 39.8 Å². The molecule has 1 aliphatic heterocycles. The van der Waals surface area contributed by atoms with Gasteiger partial charge in [-0.25, -0.2) is 9.59 Å². The van der Waals surface area contributed by atoms with Crippen molar-refractivity contribution in [3.63, 3.8) is 0 Å². The second-order valence-electron chi connectivity index (χ2n) is 6.72. The third-order valence-electron chi connectivity index (χ3n) is 3.04. The van der Waals surface area contributed by atoms with Crippen molar-refractivity contribution in [3.05, 3.63) is 0 Å². The van der Waals surface area contributed by atoms with E-state index in [-0.39, 0.29) is 31.5 Å². The lowest BCUT2D eigenvalue weighted by atomic mass is 10.1. The summed E-state index contributed by atoms with van der Waals surface area (Å²) in [5.41, 5.74) is -0.702. The number of carboxylic acid groups (broad SMARTS) is 1. The SMILES string of the molecule is CN(C)CC(=O)N[C@@H]1C[C@@H](C(=O)O)N(C(=O)OC(C)(C)C)C1. The second kappa shape index (κ2) is 6.95. The van der Waals surface area contributed by atoms with Gasteiger partial charge in [0.1, 0.15) is 11.6 Å². The molecule has 1 rings (SSSR count). The standard InChI is InChI=1S/C14H25N3O5/c1-14(2,3)22-13(21)17-7-9(6-10(17)12(19)20)15-11(18)8-16(4)5/h9-10H,6-8H2,1-5H3,(H,15,18)(H,19,20)/t9-,10+/m1/s1. The van der Waals surface area contributed by atoms with Gasteiger partial charge in [-0.2, -0.15) is 0 Å². The molecule has 1 aliphatic rings. The normalized spacial score (nSPS) is 21.8. The third-order valence-corrected chi connectivity index (χ3v) is 3.04. The minimum Gasteiger partial charge on any atom is -0.480 e. The van der Waals surface area contributed by atoms with Gasteiger partial charge < -0.3 is 20.1 Å². The Bertz CT molecular complexity index is 444. The van der Waals surface area contributed by atoms with Crippen molar-refractivity contribution < 1.29 is 24.2 Å². The molecule has 0 aromatic rings. The molecule has 22 heavy (non-hydrogen) atoms. The molecule has 8 nitrogen and oxygen atoms in total. The Morgan fingerprint density at radius 1 is 1.32 bits per heavy atom. The number of nitrogens with zero attached hydrogens (tertiary/aromatic N) is 2. The van der Waals surface area contributed by atoms with Crippen LogP contribution in [-0.2, 0) is 14.3 Å². The zero-order chi connectivity index (χ0) is 17.1. The number of likely N-dealkylation sites (N-methyl/N-ethyl adjacent to an activating group) is 1. The lowest BCUT2D eigenvalue weighted by Crippen LogP contribution is -2.44. The molecule has 8 heteroatoms. The molecule has 1 fully saturated rings. The Morgan fingerprint density at radius 2 is 1.91 bits per heavy atom. The van der Waals surface area contributed by atoms with Crippen LogP contribution in [0.15, 0.2) is 0 Å². The molecule has 0 bridgehead atoms. The average Bonchev–Trinajstić information content (AvgIpc) is 2.69. The van der Waals surface area contributed by atoms with E-state index in [1.807, 2.05) is 0 Å². The van der Waals surface area contributed by atoms with Crippen molar-refractivity contribution in [1.82, 2.24) is 15.1 Å². The topological polar surface area (TPSA) is 99.2 Å². The van der Waals surface area contributed by atoms with Gasteiger partial charge in [-0.15, -0.1) is 0 Å². The fraction of sp³-hybridized carbons (Fsp3) is 0.786. The number of hydrogen-bond donors (Lipinski definition) is 2. The first-order chi connectivity index (χ1) is 9.99. The fourth-order valence-corrected chi connectivity index (χ4v) is 2.26. The predicted molar refractivity (Wildman–Crippen MR) is 79.5 cm³/mol. The van der Waals surface area contributed by atoms with Crippen molar-refractivity contribution in [2.75, 3.05) is 27.2 Å². The van der Waals surface area contributed by atoms with Crippen molar-refractivity contribution in [2.45, 2.75) is 44.9 Å². The maximum Gasteiger partial charge on any atom is 0.411 e. The van der Waals surface area contributed by atoms with Gasteiger partial charge in [0.15, 0.2) is 0 Å². The van der Waals surface area contributed by atoms with Crippen molar-refractivity contribution >= 4 is 18.0 Å². The molecule has 2 amide bonds. The van der Waals surface area contributed by atoms with Gasteiger partial charge in [0.25, 0.3) is 0 Å². The molecule has 1 heterocycles. The highest BCUT2D eigenvalue weighted by atomic mass is 16.6. The molecule has 2 N–H and O–H groups in total. The van der Waals surface area contributed by atoms with Crippen LogP contribution in [0.2, 0.25) is 0 Å². The summed E-state index contributed by atoms with van der Waals surface area (Å²) in [5, 5.41) is 12.0. The van der Waals surface area contributed by atoms with Gasteiger partial charge in [-0.3, -0.25) is 9.69 Å². The minimum atomic E-state index is -1.10. The summed E-state index contributed by atoms with van der Waals surface area (Å²) in [5.74, 6) is -1.31. The lowest BCUT2D eigenvalue weighted by molar-refractivity contribution is -0.142. The van der Waals surface area contributed by atoms with E-state index in [9.17, 15) is 19.5 Å². The van der Waals surface area contributed by atoms with Crippen LogP contribution >= 0.6 is 0 Å². The Labute approximate surface area is 130 Å². The Kier molecular flexibility index (Phi) is 5.76. The number of amides is 2. The number of carbonyl (C=O) groups is 3. The second-order valence-corrected chi connectivity index (χ2v) is 6.72. The maximum atomic E-state index is 12.1. The van der Waals surface area contributed by atoms with Crippen LogP contribution in [0.25, 0.3) is 0 Å². The molecule has 0 unspecified atom stereocenters. The number of hydrogen-bond acceptors (Lipinski definition) is 5. The van der Waals surface area contributed by atoms with Crippen LogP contribution in [-0.4, -0.2) is 77.7 Å². The minimum absolute atomic E-state index is 0.130. The van der Waals surface area contributed by atoms with Crippen LogP contribution in [0.1, 0.15) is 27.2 Å². The van der Waals surface area contributed by atoms with E-state index in [0.717, 1.165) is 4.90 Å². The highest BCUT2D eigenvalue weighted by Crippen LogP contribution is 2.21. The number of likely N-dealkylation sites (tertiary alicyclic amines) is 1. The zero-order valence-electron chi connectivity index (χ0n) is 13.8. The van der Waals surface area contributed by atoms with Crippen LogP contribution in [0.4, 0.5) is 4.79 Å². The van der Waals surface area contributed by atoms with Crippen LogP contribution < -0.4 is 5.32 Å². The molecule has 2 atom stereocenters. The first-order valence-electron chi connectivity index (χ1n) is 7.16. The summed E-state index contributed by atoms with van der Waals surface area (Å²) in [6.45, 7) is 5.49. The molecule has 0 saturated carbocycles. The maximum absolute atomic E-state index is 12.1. The molecule has 0 aliphatic carbocycles. The van der Waals surface area contributed by atoms with E-state index in [1.165, 1.54) is 0 Å². The summed E-state index contributed by atoms with van der Waals surface area (Å²) in [7, 11) is 3.53. The number of rotatable bonds is 4. The number of nitrogens with one attached hydrogen (secondary N) is 1. The van der Waals surface area contributed by atoms with E-state index >= 15 is 0 Å². The Hall–Kier alpha value is -1.83. The largest absolute Gasteiger partial charge is 0.480 e. The first-order valence-corrected chi connectivity index (χ1v) is 7.16. The fourth-order valence-electron chi connectivity index (χ4n) is 2.26. The number of carboxylic acids is 1. The van der Waals surface area contributed by atoms with Crippen molar-refractivity contribution in [1.29, 1.82) is 0 Å². The molecular formula is C14H25N3O5. The Morgan fingerprint density at radius 3 is 2.36 bits per heavy atom. The molecule has 126 valence electrons. The van der Waals surface area contributed by atoms with Gasteiger partial charge in [-0.05, 0) is 34.9 Å². The highest BCUT2D eigenvalue weighted by molar-refractivity contribution is 5.82. The van der Waals surface area contributed by atoms with Gasteiger partial charge >= 0.3 is 12.1 Å². The van der Waals surface area contributed by atoms with Crippen molar-refractivity contribution in [3.8, 4) is 0 Å². The van der Waals surface area contributed by atoms with Gasteiger partial charge in [0.2, 0.25) is 5.91 Å². The molecule has 0 spiro atoms. The predicted octanol–water partition coefficient (Wildman–Crippen LogP) is 0.127. The summed E-state index contributed by atoms with van der Waals surface area (Å²) in [6.07, 6.45) is -0.502. The van der Waals surface area contributed by atoms with E-state index in [2.05, 4.69) is 5.32 Å². The monoisotopic (exact) mass is 315 g/mol. The third kappa shape index (κ3) is 5.51.